The van der Waals surface area contributed by atoms with Crippen LogP contribution in [0.4, 0.5) is 0 Å². The maximum atomic E-state index is 11.4. The number of aliphatic hydroxyl groups excluding tert-OH is 1. The first-order valence-electron chi connectivity index (χ1n) is 5.44. The molecule has 0 aliphatic heterocycles. The standard InChI is InChI=1S/C12H18O4/c1-8(2)9(3)10-4-5-11(16-10)12(14)15-7-6-13/h4-5,8-9,13H,6-7H2,1-3H3. The number of hydrogen-bond acceptors (Lipinski definition) is 4. The van der Waals surface area contributed by atoms with Crippen molar-refractivity contribution in [3.05, 3.63) is 23.7 Å². The van der Waals surface area contributed by atoms with E-state index in [1.165, 1.54) is 0 Å². The average molecular weight is 226 g/mol. The lowest BCUT2D eigenvalue weighted by Crippen LogP contribution is -2.07. The van der Waals surface area contributed by atoms with Crippen molar-refractivity contribution in [1.29, 1.82) is 0 Å². The minimum absolute atomic E-state index is 0.00536. The van der Waals surface area contributed by atoms with Gasteiger partial charge in [-0.2, -0.15) is 0 Å². The van der Waals surface area contributed by atoms with E-state index in [1.54, 1.807) is 12.1 Å². The maximum absolute atomic E-state index is 11.4. The summed E-state index contributed by atoms with van der Waals surface area (Å²) in [6, 6.07) is 3.40. The summed E-state index contributed by atoms with van der Waals surface area (Å²) in [4.78, 5) is 11.4. The predicted molar refractivity (Wildman–Crippen MR) is 59.3 cm³/mol. The van der Waals surface area contributed by atoms with Crippen LogP contribution in [0.1, 0.15) is 43.0 Å². The molecule has 1 aromatic heterocycles. The van der Waals surface area contributed by atoms with Gasteiger partial charge in [-0.15, -0.1) is 0 Å². The molecular formula is C12H18O4. The van der Waals surface area contributed by atoms with Crippen LogP contribution in [0.2, 0.25) is 0 Å². The van der Waals surface area contributed by atoms with Crippen molar-refractivity contribution in [2.45, 2.75) is 26.7 Å². The lowest BCUT2D eigenvalue weighted by molar-refractivity contribution is 0.0396. The minimum atomic E-state index is -0.531. The summed E-state index contributed by atoms with van der Waals surface area (Å²) in [6.07, 6.45) is 0. The summed E-state index contributed by atoms with van der Waals surface area (Å²) in [6.45, 7) is 6.05. The molecule has 4 heteroatoms. The number of hydrogen-bond donors (Lipinski definition) is 1. The van der Waals surface area contributed by atoms with Gasteiger partial charge in [-0.1, -0.05) is 20.8 Å². The Morgan fingerprint density at radius 2 is 2.12 bits per heavy atom. The Labute approximate surface area is 95.2 Å². The Balaban J connectivity index is 2.67. The van der Waals surface area contributed by atoms with Crippen LogP contribution in [0.25, 0.3) is 0 Å². The van der Waals surface area contributed by atoms with Crippen LogP contribution < -0.4 is 0 Å². The number of carbonyl (C=O) groups is 1. The number of furan rings is 1. The predicted octanol–water partition coefficient (Wildman–Crippen LogP) is 2.19. The molecule has 0 aliphatic carbocycles. The topological polar surface area (TPSA) is 59.7 Å². The van der Waals surface area contributed by atoms with Gasteiger partial charge in [0.1, 0.15) is 12.4 Å². The molecule has 1 unspecified atom stereocenters. The Morgan fingerprint density at radius 1 is 1.44 bits per heavy atom. The first-order valence-corrected chi connectivity index (χ1v) is 5.44. The quantitative estimate of drug-likeness (QED) is 0.782. The second-order valence-electron chi connectivity index (χ2n) is 4.09. The summed E-state index contributed by atoms with van der Waals surface area (Å²) in [7, 11) is 0. The maximum Gasteiger partial charge on any atom is 0.374 e. The third-order valence-corrected chi connectivity index (χ3v) is 2.60. The van der Waals surface area contributed by atoms with Crippen LogP contribution >= 0.6 is 0 Å². The highest BCUT2D eigenvalue weighted by molar-refractivity contribution is 5.86. The molecule has 1 N–H and O–H groups in total. The van der Waals surface area contributed by atoms with Crippen molar-refractivity contribution in [2.75, 3.05) is 13.2 Å². The summed E-state index contributed by atoms with van der Waals surface area (Å²) in [5, 5.41) is 8.52. The van der Waals surface area contributed by atoms with Gasteiger partial charge in [0.25, 0.3) is 0 Å². The van der Waals surface area contributed by atoms with Gasteiger partial charge in [0.05, 0.1) is 6.61 Å². The third-order valence-electron chi connectivity index (χ3n) is 2.60. The second-order valence-corrected chi connectivity index (χ2v) is 4.09. The number of esters is 1. The molecule has 0 amide bonds. The molecule has 90 valence electrons. The molecule has 0 bridgehead atoms. The van der Waals surface area contributed by atoms with Crippen LogP contribution in [-0.2, 0) is 4.74 Å². The Kier molecular flexibility index (Phi) is 4.55. The molecule has 4 nitrogen and oxygen atoms in total. The molecule has 1 aromatic rings. The molecular weight excluding hydrogens is 208 g/mol. The van der Waals surface area contributed by atoms with E-state index in [9.17, 15) is 4.79 Å². The van der Waals surface area contributed by atoms with E-state index in [1.807, 2.05) is 6.92 Å². The van der Waals surface area contributed by atoms with E-state index in [-0.39, 0.29) is 24.9 Å². The first-order chi connectivity index (χ1) is 7.56. The van der Waals surface area contributed by atoms with E-state index in [0.29, 0.717) is 5.92 Å². The lowest BCUT2D eigenvalue weighted by atomic mass is 9.96. The van der Waals surface area contributed by atoms with Crippen LogP contribution in [-0.4, -0.2) is 24.3 Å². The fraction of sp³-hybridized carbons (Fsp3) is 0.583. The molecule has 0 spiro atoms. The average Bonchev–Trinajstić information content (AvgIpc) is 2.73. The van der Waals surface area contributed by atoms with E-state index >= 15 is 0 Å². The largest absolute Gasteiger partial charge is 0.457 e. The SMILES string of the molecule is CC(C)C(C)c1ccc(C(=O)OCCO)o1. The second kappa shape index (κ2) is 5.70. The minimum Gasteiger partial charge on any atom is -0.457 e. The fourth-order valence-electron chi connectivity index (χ4n) is 1.25. The van der Waals surface area contributed by atoms with Crippen molar-refractivity contribution in [3.63, 3.8) is 0 Å². The molecule has 0 fully saturated rings. The highest BCUT2D eigenvalue weighted by Gasteiger charge is 2.17. The van der Waals surface area contributed by atoms with Gasteiger partial charge in [0, 0.05) is 5.92 Å². The molecule has 1 atom stereocenters. The highest BCUT2D eigenvalue weighted by atomic mass is 16.6. The van der Waals surface area contributed by atoms with Crippen LogP contribution in [0.5, 0.6) is 0 Å². The van der Waals surface area contributed by atoms with Gasteiger partial charge in [-0.3, -0.25) is 0 Å². The Hall–Kier alpha value is -1.29. The molecule has 0 aliphatic rings. The van der Waals surface area contributed by atoms with Crippen LogP contribution in [0.3, 0.4) is 0 Å². The summed E-state index contributed by atoms with van der Waals surface area (Å²) < 4.78 is 10.2. The Morgan fingerprint density at radius 3 is 2.69 bits per heavy atom. The molecule has 1 heterocycles. The molecule has 0 saturated carbocycles. The normalized spacial score (nSPS) is 12.8. The van der Waals surface area contributed by atoms with E-state index in [0.717, 1.165) is 5.76 Å². The summed E-state index contributed by atoms with van der Waals surface area (Å²) in [5.41, 5.74) is 0. The summed E-state index contributed by atoms with van der Waals surface area (Å²) in [5.74, 6) is 1.16. The van der Waals surface area contributed by atoms with Gasteiger partial charge in [0.2, 0.25) is 5.76 Å². The monoisotopic (exact) mass is 226 g/mol. The number of aliphatic hydroxyl groups is 1. The Bertz CT molecular complexity index is 341. The van der Waals surface area contributed by atoms with Crippen molar-refractivity contribution >= 4 is 5.97 Å². The van der Waals surface area contributed by atoms with E-state index < -0.39 is 5.97 Å². The van der Waals surface area contributed by atoms with E-state index in [2.05, 4.69) is 13.8 Å². The fourth-order valence-corrected chi connectivity index (χ4v) is 1.25. The van der Waals surface area contributed by atoms with Gasteiger partial charge in [-0.25, -0.2) is 4.79 Å². The van der Waals surface area contributed by atoms with Gasteiger partial charge < -0.3 is 14.3 Å². The molecule has 1 rings (SSSR count). The van der Waals surface area contributed by atoms with Crippen molar-refractivity contribution in [1.82, 2.24) is 0 Å². The zero-order valence-electron chi connectivity index (χ0n) is 9.90. The van der Waals surface area contributed by atoms with Crippen LogP contribution in [0, 0.1) is 5.92 Å². The van der Waals surface area contributed by atoms with Gasteiger partial charge in [-0.05, 0) is 18.1 Å². The van der Waals surface area contributed by atoms with Crippen molar-refractivity contribution in [2.24, 2.45) is 5.92 Å². The van der Waals surface area contributed by atoms with Crippen molar-refractivity contribution in [3.8, 4) is 0 Å². The van der Waals surface area contributed by atoms with E-state index in [4.69, 9.17) is 14.3 Å². The zero-order chi connectivity index (χ0) is 12.1. The highest BCUT2D eigenvalue weighted by Crippen LogP contribution is 2.25. The van der Waals surface area contributed by atoms with Crippen molar-refractivity contribution < 1.29 is 19.1 Å². The smallest absolute Gasteiger partial charge is 0.374 e. The molecule has 16 heavy (non-hydrogen) atoms. The summed E-state index contributed by atoms with van der Waals surface area (Å²) >= 11 is 0. The number of carbonyl (C=O) groups excluding carboxylic acids is 1. The van der Waals surface area contributed by atoms with Crippen LogP contribution in [0.15, 0.2) is 16.5 Å². The van der Waals surface area contributed by atoms with Gasteiger partial charge >= 0.3 is 5.97 Å². The first kappa shape index (κ1) is 12.8. The molecule has 0 radical (unpaired) electrons. The zero-order valence-corrected chi connectivity index (χ0v) is 9.90. The number of ether oxygens (including phenoxy) is 1. The molecule has 0 aromatic carbocycles. The number of rotatable bonds is 5. The molecule has 0 saturated heterocycles. The van der Waals surface area contributed by atoms with Gasteiger partial charge in [0.15, 0.2) is 0 Å². The lowest BCUT2D eigenvalue weighted by Gasteiger charge is -2.11. The third kappa shape index (κ3) is 3.10.